The average molecular weight is 391 g/mol. The Balaban J connectivity index is 1.69. The van der Waals surface area contributed by atoms with Crippen molar-refractivity contribution in [2.75, 3.05) is 0 Å². The number of hydrogen-bond donors (Lipinski definition) is 0. The van der Waals surface area contributed by atoms with Crippen LogP contribution in [0.3, 0.4) is 0 Å². The summed E-state index contributed by atoms with van der Waals surface area (Å²) in [5, 5.41) is 11.6. The maximum absolute atomic E-state index is 12.5. The Morgan fingerprint density at radius 2 is 1.81 bits per heavy atom. The highest BCUT2D eigenvalue weighted by Crippen LogP contribution is 2.28. The van der Waals surface area contributed by atoms with Crippen LogP contribution in [-0.2, 0) is 6.54 Å². The standard InChI is InChI=1S/C16H8Cl2N4O4/c17-8-3-13(18)14-19-9(6-20(14)5-8)7-21-15(23)11-2-1-10(22(25)26)4-12(11)16(21)24/h1-6H,7H2. The van der Waals surface area contributed by atoms with E-state index in [4.69, 9.17) is 23.2 Å². The van der Waals surface area contributed by atoms with Crippen LogP contribution >= 0.6 is 23.2 Å². The molecule has 1 aliphatic heterocycles. The number of pyridine rings is 1. The molecule has 10 heteroatoms. The van der Waals surface area contributed by atoms with Crippen molar-refractivity contribution in [1.82, 2.24) is 14.3 Å². The molecular formula is C16H8Cl2N4O4. The Labute approximate surface area is 155 Å². The van der Waals surface area contributed by atoms with Gasteiger partial charge in [0.1, 0.15) is 0 Å². The number of non-ortho nitro benzene ring substituents is 1. The van der Waals surface area contributed by atoms with Crippen molar-refractivity contribution in [3.05, 3.63) is 73.6 Å². The molecule has 130 valence electrons. The Kier molecular flexibility index (Phi) is 3.67. The van der Waals surface area contributed by atoms with Gasteiger partial charge in [0.25, 0.3) is 17.5 Å². The third-order valence-corrected chi connectivity index (χ3v) is 4.49. The number of aromatic nitrogens is 2. The number of nitro groups is 1. The molecule has 0 spiro atoms. The van der Waals surface area contributed by atoms with Gasteiger partial charge in [0, 0.05) is 24.5 Å². The minimum atomic E-state index is -0.617. The second-order valence-corrected chi connectivity index (χ2v) is 6.50. The predicted molar refractivity (Wildman–Crippen MR) is 92.5 cm³/mol. The molecule has 1 aromatic carbocycles. The molecule has 0 fully saturated rings. The van der Waals surface area contributed by atoms with Crippen LogP contribution in [0.2, 0.25) is 10.0 Å². The van der Waals surface area contributed by atoms with Crippen LogP contribution in [0.15, 0.2) is 36.7 Å². The van der Waals surface area contributed by atoms with E-state index < -0.39 is 16.7 Å². The fourth-order valence-electron chi connectivity index (χ4n) is 2.85. The summed E-state index contributed by atoms with van der Waals surface area (Å²) in [4.78, 5) is 40.6. The van der Waals surface area contributed by atoms with E-state index in [0.29, 0.717) is 21.4 Å². The van der Waals surface area contributed by atoms with Gasteiger partial charge in [-0.15, -0.1) is 0 Å². The van der Waals surface area contributed by atoms with Gasteiger partial charge in [0.15, 0.2) is 5.65 Å². The highest BCUT2D eigenvalue weighted by molar-refractivity contribution is 6.36. The van der Waals surface area contributed by atoms with Gasteiger partial charge in [0.05, 0.1) is 38.3 Å². The molecule has 4 rings (SSSR count). The van der Waals surface area contributed by atoms with E-state index in [1.807, 2.05) is 0 Å². The summed E-state index contributed by atoms with van der Waals surface area (Å²) in [5.41, 5.74) is 0.761. The first-order chi connectivity index (χ1) is 12.3. The fraction of sp³-hybridized carbons (Fsp3) is 0.0625. The van der Waals surface area contributed by atoms with E-state index in [1.165, 1.54) is 18.2 Å². The first-order valence-electron chi connectivity index (χ1n) is 7.32. The molecule has 0 radical (unpaired) electrons. The van der Waals surface area contributed by atoms with E-state index in [-0.39, 0.29) is 23.4 Å². The zero-order valence-electron chi connectivity index (χ0n) is 12.8. The molecular weight excluding hydrogens is 383 g/mol. The Morgan fingerprint density at radius 1 is 1.08 bits per heavy atom. The van der Waals surface area contributed by atoms with Crippen LogP contribution < -0.4 is 0 Å². The fourth-order valence-corrected chi connectivity index (χ4v) is 3.38. The zero-order chi connectivity index (χ0) is 18.6. The Bertz CT molecular complexity index is 1120. The number of benzene rings is 1. The number of amides is 2. The number of fused-ring (bicyclic) bond motifs is 2. The summed E-state index contributed by atoms with van der Waals surface area (Å²) >= 11 is 12.0. The summed E-state index contributed by atoms with van der Waals surface area (Å²) in [7, 11) is 0. The number of nitro benzene ring substituents is 1. The SMILES string of the molecule is O=C1c2ccc([N+](=O)[O-])cc2C(=O)N1Cc1cn2cc(Cl)cc(Cl)c2n1. The molecule has 1 aliphatic rings. The summed E-state index contributed by atoms with van der Waals surface area (Å²) in [5.74, 6) is -1.13. The molecule has 3 heterocycles. The van der Waals surface area contributed by atoms with Gasteiger partial charge in [-0.1, -0.05) is 23.2 Å². The van der Waals surface area contributed by atoms with E-state index in [9.17, 15) is 19.7 Å². The second kappa shape index (κ2) is 5.79. The number of hydrogen-bond acceptors (Lipinski definition) is 5. The number of nitrogens with zero attached hydrogens (tertiary/aromatic N) is 4. The lowest BCUT2D eigenvalue weighted by Crippen LogP contribution is -2.29. The molecule has 0 N–H and O–H groups in total. The molecule has 0 saturated carbocycles. The quantitative estimate of drug-likeness (QED) is 0.388. The number of carbonyl (C=O) groups is 2. The topological polar surface area (TPSA) is 97.8 Å². The molecule has 8 nitrogen and oxygen atoms in total. The highest BCUT2D eigenvalue weighted by Gasteiger charge is 2.37. The molecule has 3 aromatic rings. The number of rotatable bonds is 3. The van der Waals surface area contributed by atoms with Crippen LogP contribution in [0.5, 0.6) is 0 Å². The number of carbonyl (C=O) groups excluding carboxylic acids is 2. The van der Waals surface area contributed by atoms with Gasteiger partial charge in [-0.05, 0) is 12.1 Å². The molecule has 0 saturated heterocycles. The van der Waals surface area contributed by atoms with Gasteiger partial charge >= 0.3 is 0 Å². The molecule has 0 bridgehead atoms. The van der Waals surface area contributed by atoms with Crippen LogP contribution in [0.4, 0.5) is 5.69 Å². The zero-order valence-corrected chi connectivity index (χ0v) is 14.4. The normalized spacial score (nSPS) is 13.5. The van der Waals surface area contributed by atoms with Crippen LogP contribution in [0.25, 0.3) is 5.65 Å². The lowest BCUT2D eigenvalue weighted by atomic mass is 10.1. The van der Waals surface area contributed by atoms with E-state index in [0.717, 1.165) is 11.0 Å². The average Bonchev–Trinajstić information content (AvgIpc) is 3.09. The van der Waals surface area contributed by atoms with Crippen molar-refractivity contribution in [3.63, 3.8) is 0 Å². The smallest absolute Gasteiger partial charge is 0.270 e. The summed E-state index contributed by atoms with van der Waals surface area (Å²) < 4.78 is 1.60. The van der Waals surface area contributed by atoms with Crippen molar-refractivity contribution >= 4 is 46.4 Å². The van der Waals surface area contributed by atoms with Crippen molar-refractivity contribution in [2.45, 2.75) is 6.54 Å². The molecule has 0 atom stereocenters. The summed E-state index contributed by atoms with van der Waals surface area (Å²) in [6.45, 7) is -0.0875. The number of imide groups is 1. The van der Waals surface area contributed by atoms with Crippen molar-refractivity contribution in [2.24, 2.45) is 0 Å². The van der Waals surface area contributed by atoms with E-state index >= 15 is 0 Å². The van der Waals surface area contributed by atoms with Gasteiger partial charge in [-0.2, -0.15) is 0 Å². The Morgan fingerprint density at radius 3 is 2.54 bits per heavy atom. The van der Waals surface area contributed by atoms with E-state index in [2.05, 4.69) is 4.98 Å². The second-order valence-electron chi connectivity index (χ2n) is 5.65. The first kappa shape index (κ1) is 16.5. The first-order valence-corrected chi connectivity index (χ1v) is 8.08. The lowest BCUT2D eigenvalue weighted by Gasteiger charge is -2.11. The van der Waals surface area contributed by atoms with Gasteiger partial charge in [-0.3, -0.25) is 24.6 Å². The van der Waals surface area contributed by atoms with Crippen molar-refractivity contribution in [1.29, 1.82) is 0 Å². The summed E-state index contributed by atoms with van der Waals surface area (Å²) in [6, 6.07) is 5.13. The molecule has 2 amide bonds. The number of halogens is 2. The van der Waals surface area contributed by atoms with Gasteiger partial charge < -0.3 is 4.40 Å². The van der Waals surface area contributed by atoms with Gasteiger partial charge in [0.2, 0.25) is 0 Å². The monoisotopic (exact) mass is 390 g/mol. The third-order valence-electron chi connectivity index (χ3n) is 4.01. The molecule has 0 unspecified atom stereocenters. The van der Waals surface area contributed by atoms with Crippen LogP contribution in [0.1, 0.15) is 26.4 Å². The predicted octanol–water partition coefficient (Wildman–Crippen LogP) is 3.35. The third kappa shape index (κ3) is 2.51. The van der Waals surface area contributed by atoms with Crippen molar-refractivity contribution in [3.8, 4) is 0 Å². The minimum Gasteiger partial charge on any atom is -0.304 e. The largest absolute Gasteiger partial charge is 0.304 e. The maximum Gasteiger partial charge on any atom is 0.270 e. The lowest BCUT2D eigenvalue weighted by molar-refractivity contribution is -0.384. The number of imidazole rings is 1. The van der Waals surface area contributed by atoms with Crippen LogP contribution in [0, 0.1) is 10.1 Å². The van der Waals surface area contributed by atoms with E-state index in [1.54, 1.807) is 16.8 Å². The van der Waals surface area contributed by atoms with Crippen LogP contribution in [-0.4, -0.2) is 31.0 Å². The molecule has 0 aliphatic carbocycles. The Hall–Kier alpha value is -2.97. The van der Waals surface area contributed by atoms with Crippen molar-refractivity contribution < 1.29 is 14.5 Å². The maximum atomic E-state index is 12.5. The molecule has 2 aromatic heterocycles. The minimum absolute atomic E-state index is 0.00837. The highest BCUT2D eigenvalue weighted by atomic mass is 35.5. The summed E-state index contributed by atoms with van der Waals surface area (Å²) in [6.07, 6.45) is 3.21. The van der Waals surface area contributed by atoms with Gasteiger partial charge in [-0.25, -0.2) is 4.98 Å². The molecule has 26 heavy (non-hydrogen) atoms.